The van der Waals surface area contributed by atoms with Crippen LogP contribution in [0.25, 0.3) is 0 Å². The lowest BCUT2D eigenvalue weighted by molar-refractivity contribution is -0.121. The Balaban J connectivity index is 1.75. The van der Waals surface area contributed by atoms with E-state index in [0.717, 1.165) is 16.9 Å². The van der Waals surface area contributed by atoms with Crippen molar-refractivity contribution in [3.05, 3.63) is 90.0 Å². The van der Waals surface area contributed by atoms with Crippen LogP contribution in [0.4, 0.5) is 0 Å². The Bertz CT molecular complexity index is 1130. The minimum atomic E-state index is -3.92. The highest BCUT2D eigenvalue weighted by Gasteiger charge is 2.27. The standard InChI is InChI=1S/C25H28N2O5S/c1-3-32-23-13-15-24(16-14-23)33(29,30)27(18-21-7-5-4-6-8-21)19-25(28)26-17-20-9-11-22(31-2)12-10-20/h4-16H,3,17-19H2,1-2H3,(H,26,28). The predicted molar refractivity (Wildman–Crippen MR) is 126 cm³/mol. The highest BCUT2D eigenvalue weighted by Crippen LogP contribution is 2.21. The summed E-state index contributed by atoms with van der Waals surface area (Å²) < 4.78 is 38.5. The largest absolute Gasteiger partial charge is 0.497 e. The number of benzene rings is 3. The molecule has 3 aromatic rings. The summed E-state index contributed by atoms with van der Waals surface area (Å²) in [7, 11) is -2.33. The molecule has 0 radical (unpaired) electrons. The van der Waals surface area contributed by atoms with Crippen LogP contribution >= 0.6 is 0 Å². The van der Waals surface area contributed by atoms with E-state index in [-0.39, 0.29) is 24.5 Å². The van der Waals surface area contributed by atoms with E-state index in [1.807, 2.05) is 49.4 Å². The maximum atomic E-state index is 13.4. The van der Waals surface area contributed by atoms with Gasteiger partial charge in [-0.15, -0.1) is 0 Å². The Morgan fingerprint density at radius 1 is 0.879 bits per heavy atom. The molecule has 0 unspecified atom stereocenters. The number of sulfonamides is 1. The maximum absolute atomic E-state index is 13.4. The lowest BCUT2D eigenvalue weighted by atomic mass is 10.2. The molecule has 0 spiro atoms. The quantitative estimate of drug-likeness (QED) is 0.465. The minimum absolute atomic E-state index is 0.0757. The zero-order valence-corrected chi connectivity index (χ0v) is 19.5. The van der Waals surface area contributed by atoms with E-state index < -0.39 is 15.9 Å². The topological polar surface area (TPSA) is 84.9 Å². The summed E-state index contributed by atoms with van der Waals surface area (Å²) in [5.74, 6) is 0.917. The molecule has 3 aromatic carbocycles. The van der Waals surface area contributed by atoms with Crippen molar-refractivity contribution in [2.24, 2.45) is 0 Å². The Kier molecular flexibility index (Phi) is 8.46. The number of ether oxygens (including phenoxy) is 2. The normalized spacial score (nSPS) is 11.2. The Morgan fingerprint density at radius 2 is 1.52 bits per heavy atom. The van der Waals surface area contributed by atoms with Gasteiger partial charge in [-0.1, -0.05) is 42.5 Å². The molecule has 0 saturated carbocycles. The van der Waals surface area contributed by atoms with Gasteiger partial charge in [0.1, 0.15) is 11.5 Å². The van der Waals surface area contributed by atoms with Gasteiger partial charge in [0.05, 0.1) is 25.2 Å². The number of methoxy groups -OCH3 is 1. The maximum Gasteiger partial charge on any atom is 0.243 e. The average molecular weight is 469 g/mol. The van der Waals surface area contributed by atoms with Crippen molar-refractivity contribution in [2.75, 3.05) is 20.3 Å². The van der Waals surface area contributed by atoms with E-state index in [4.69, 9.17) is 9.47 Å². The van der Waals surface area contributed by atoms with Gasteiger partial charge in [-0.05, 0) is 54.4 Å². The first-order valence-corrected chi connectivity index (χ1v) is 12.0. The fourth-order valence-electron chi connectivity index (χ4n) is 3.20. The third-order valence-corrected chi connectivity index (χ3v) is 6.75. The molecule has 174 valence electrons. The molecule has 1 amide bonds. The molecule has 0 atom stereocenters. The van der Waals surface area contributed by atoms with Crippen LogP contribution < -0.4 is 14.8 Å². The minimum Gasteiger partial charge on any atom is -0.497 e. The van der Waals surface area contributed by atoms with Crippen LogP contribution in [0, 0.1) is 0 Å². The summed E-state index contributed by atoms with van der Waals surface area (Å²) in [4.78, 5) is 12.8. The number of carbonyl (C=O) groups is 1. The molecule has 0 bridgehead atoms. The van der Waals surface area contributed by atoms with E-state index in [9.17, 15) is 13.2 Å². The molecule has 3 rings (SSSR count). The van der Waals surface area contributed by atoms with Crippen molar-refractivity contribution in [1.29, 1.82) is 0 Å². The van der Waals surface area contributed by atoms with Crippen molar-refractivity contribution in [1.82, 2.24) is 9.62 Å². The predicted octanol–water partition coefficient (Wildman–Crippen LogP) is 3.60. The monoisotopic (exact) mass is 468 g/mol. The van der Waals surface area contributed by atoms with Gasteiger partial charge < -0.3 is 14.8 Å². The summed E-state index contributed by atoms with van der Waals surface area (Å²) in [6.07, 6.45) is 0. The van der Waals surface area contributed by atoms with Crippen LogP contribution in [-0.2, 0) is 27.9 Å². The molecule has 8 heteroatoms. The summed E-state index contributed by atoms with van der Waals surface area (Å²) in [5, 5.41) is 2.80. The Labute approximate surface area is 195 Å². The lowest BCUT2D eigenvalue weighted by Crippen LogP contribution is -2.40. The molecule has 0 fully saturated rings. The van der Waals surface area contributed by atoms with Crippen LogP contribution in [0.3, 0.4) is 0 Å². The first kappa shape index (κ1) is 24.3. The SMILES string of the molecule is CCOc1ccc(S(=O)(=O)N(CC(=O)NCc2ccc(OC)cc2)Cc2ccccc2)cc1. The highest BCUT2D eigenvalue weighted by atomic mass is 32.2. The first-order valence-electron chi connectivity index (χ1n) is 10.6. The van der Waals surface area contributed by atoms with Crippen molar-refractivity contribution in [3.8, 4) is 11.5 Å². The third-order valence-electron chi connectivity index (χ3n) is 4.94. The van der Waals surface area contributed by atoms with Crippen molar-refractivity contribution >= 4 is 15.9 Å². The third kappa shape index (κ3) is 6.81. The van der Waals surface area contributed by atoms with Crippen LogP contribution in [-0.4, -0.2) is 38.9 Å². The zero-order chi connectivity index (χ0) is 23.7. The van der Waals surface area contributed by atoms with E-state index in [0.29, 0.717) is 12.4 Å². The highest BCUT2D eigenvalue weighted by molar-refractivity contribution is 7.89. The van der Waals surface area contributed by atoms with Gasteiger partial charge in [-0.3, -0.25) is 4.79 Å². The smallest absolute Gasteiger partial charge is 0.243 e. The van der Waals surface area contributed by atoms with Crippen molar-refractivity contribution in [2.45, 2.75) is 24.9 Å². The van der Waals surface area contributed by atoms with Crippen molar-refractivity contribution in [3.63, 3.8) is 0 Å². The Hall–Kier alpha value is -3.36. The van der Waals surface area contributed by atoms with E-state index >= 15 is 0 Å². The molecule has 0 saturated heterocycles. The van der Waals surface area contributed by atoms with Gasteiger partial charge in [0, 0.05) is 13.1 Å². The number of rotatable bonds is 11. The number of amides is 1. The van der Waals surface area contributed by atoms with Gasteiger partial charge in [-0.25, -0.2) is 8.42 Å². The number of hydrogen-bond acceptors (Lipinski definition) is 5. The molecule has 0 heterocycles. The molecule has 0 aliphatic heterocycles. The summed E-state index contributed by atoms with van der Waals surface area (Å²) >= 11 is 0. The van der Waals surface area contributed by atoms with E-state index in [1.54, 1.807) is 31.4 Å². The molecule has 33 heavy (non-hydrogen) atoms. The molecule has 0 aliphatic rings. The second kappa shape index (κ2) is 11.5. The van der Waals surface area contributed by atoms with Crippen LogP contribution in [0.2, 0.25) is 0 Å². The molecular formula is C25H28N2O5S. The van der Waals surface area contributed by atoms with E-state index in [2.05, 4.69) is 5.32 Å². The van der Waals surface area contributed by atoms with Crippen LogP contribution in [0.1, 0.15) is 18.1 Å². The summed E-state index contributed by atoms with van der Waals surface area (Å²) in [6, 6.07) is 22.7. The van der Waals surface area contributed by atoms with Crippen LogP contribution in [0.5, 0.6) is 11.5 Å². The molecule has 0 aromatic heterocycles. The van der Waals surface area contributed by atoms with Gasteiger partial charge in [-0.2, -0.15) is 4.31 Å². The fraction of sp³-hybridized carbons (Fsp3) is 0.240. The number of carbonyl (C=O) groups excluding carboxylic acids is 1. The van der Waals surface area contributed by atoms with E-state index in [1.165, 1.54) is 16.4 Å². The fourth-order valence-corrected chi connectivity index (χ4v) is 4.58. The molecule has 1 N–H and O–H groups in total. The van der Waals surface area contributed by atoms with Gasteiger partial charge in [0.15, 0.2) is 0 Å². The van der Waals surface area contributed by atoms with Gasteiger partial charge in [0.2, 0.25) is 15.9 Å². The Morgan fingerprint density at radius 3 is 2.12 bits per heavy atom. The number of nitrogens with zero attached hydrogens (tertiary/aromatic N) is 1. The second-order valence-corrected chi connectivity index (χ2v) is 9.23. The molecule has 7 nitrogen and oxygen atoms in total. The summed E-state index contributed by atoms with van der Waals surface area (Å²) in [5.41, 5.74) is 1.67. The van der Waals surface area contributed by atoms with Gasteiger partial charge in [0.25, 0.3) is 0 Å². The average Bonchev–Trinajstić information content (AvgIpc) is 2.84. The zero-order valence-electron chi connectivity index (χ0n) is 18.7. The van der Waals surface area contributed by atoms with Gasteiger partial charge >= 0.3 is 0 Å². The van der Waals surface area contributed by atoms with Crippen LogP contribution in [0.15, 0.2) is 83.8 Å². The molecular weight excluding hydrogens is 440 g/mol. The molecule has 0 aliphatic carbocycles. The lowest BCUT2D eigenvalue weighted by Gasteiger charge is -2.22. The number of hydrogen-bond donors (Lipinski definition) is 1. The summed E-state index contributed by atoms with van der Waals surface area (Å²) in [6.45, 7) is 2.40. The first-order chi connectivity index (χ1) is 15.9. The number of nitrogens with one attached hydrogen (secondary N) is 1. The second-order valence-electron chi connectivity index (χ2n) is 7.29. The van der Waals surface area contributed by atoms with Crippen molar-refractivity contribution < 1.29 is 22.7 Å².